The zero-order valence-electron chi connectivity index (χ0n) is 6.70. The summed E-state index contributed by atoms with van der Waals surface area (Å²) in [5.41, 5.74) is 0. The molecule has 0 spiro atoms. The summed E-state index contributed by atoms with van der Waals surface area (Å²) < 4.78 is 0. The monoisotopic (exact) mass is 196 g/mol. The van der Waals surface area contributed by atoms with Crippen LogP contribution in [0.2, 0.25) is 0 Å². The highest BCUT2D eigenvalue weighted by molar-refractivity contribution is 5.84. The number of ketones is 1. The minimum atomic E-state index is -1.89. The minimum Gasteiger partial charge on any atom is -0.394 e. The highest BCUT2D eigenvalue weighted by Crippen LogP contribution is 2.01. The summed E-state index contributed by atoms with van der Waals surface area (Å²) in [5.74, 6) is -0.998. The Morgan fingerprint density at radius 3 is 2.23 bits per heavy atom. The molecule has 0 radical (unpaired) electrons. The summed E-state index contributed by atoms with van der Waals surface area (Å²) in [5, 5.41) is 42.9. The van der Waals surface area contributed by atoms with Gasteiger partial charge in [0.1, 0.15) is 24.9 Å². The molecule has 0 unspecified atom stereocenters. The average Bonchev–Trinajstić information content (AvgIpc) is 2.14. The zero-order chi connectivity index (χ0) is 10.4. The lowest BCUT2D eigenvalue weighted by molar-refractivity contribution is -0.241. The van der Waals surface area contributed by atoms with Crippen molar-refractivity contribution >= 4 is 5.78 Å². The van der Waals surface area contributed by atoms with Crippen LogP contribution in [0.4, 0.5) is 0 Å². The Morgan fingerprint density at radius 1 is 1.31 bits per heavy atom. The number of hydrogen-bond donors (Lipinski definition) is 5. The Hall–Kier alpha value is -0.570. The van der Waals surface area contributed by atoms with E-state index in [9.17, 15) is 4.79 Å². The Kier molecular flexibility index (Phi) is 5.71. The molecule has 0 heterocycles. The molecule has 13 heavy (non-hydrogen) atoms. The molecule has 7 heteroatoms. The van der Waals surface area contributed by atoms with Crippen molar-refractivity contribution in [2.45, 2.75) is 18.3 Å². The lowest BCUT2D eigenvalue weighted by Crippen LogP contribution is -2.45. The summed E-state index contributed by atoms with van der Waals surface area (Å²) >= 11 is 0. The maximum atomic E-state index is 10.7. The standard InChI is InChI=1S/C6H12O7/c7-1-3(8)5(10)6(11)4(9)2-13-12/h3,5-8,10-12H,1-2H2/t3-,5+,6+/m1/s1. The van der Waals surface area contributed by atoms with Crippen LogP contribution in [0.15, 0.2) is 0 Å². The van der Waals surface area contributed by atoms with Gasteiger partial charge in [0, 0.05) is 0 Å². The van der Waals surface area contributed by atoms with Gasteiger partial charge in [-0.15, -0.1) is 0 Å². The summed E-state index contributed by atoms with van der Waals surface area (Å²) in [7, 11) is 0. The summed E-state index contributed by atoms with van der Waals surface area (Å²) in [6, 6.07) is 0. The molecular weight excluding hydrogens is 184 g/mol. The average molecular weight is 196 g/mol. The third-order valence-electron chi connectivity index (χ3n) is 1.44. The zero-order valence-corrected chi connectivity index (χ0v) is 6.70. The molecule has 0 aromatic carbocycles. The number of carbonyl (C=O) groups is 1. The van der Waals surface area contributed by atoms with Crippen molar-refractivity contribution in [3.63, 3.8) is 0 Å². The van der Waals surface area contributed by atoms with Gasteiger partial charge in [-0.2, -0.15) is 0 Å². The van der Waals surface area contributed by atoms with Gasteiger partial charge in [-0.05, 0) is 0 Å². The molecule has 3 atom stereocenters. The molecule has 0 saturated carbocycles. The first-order chi connectivity index (χ1) is 6.04. The van der Waals surface area contributed by atoms with Crippen LogP contribution in [0, 0.1) is 0 Å². The molecule has 7 nitrogen and oxygen atoms in total. The van der Waals surface area contributed by atoms with E-state index in [1.165, 1.54) is 0 Å². The predicted molar refractivity (Wildman–Crippen MR) is 38.7 cm³/mol. The van der Waals surface area contributed by atoms with Crippen LogP contribution in [0.5, 0.6) is 0 Å². The van der Waals surface area contributed by atoms with Crippen LogP contribution in [-0.4, -0.2) is 63.0 Å². The molecule has 0 aromatic heterocycles. The van der Waals surface area contributed by atoms with Crippen molar-refractivity contribution in [3.8, 4) is 0 Å². The lowest BCUT2D eigenvalue weighted by atomic mass is 10.1. The fourth-order valence-corrected chi connectivity index (χ4v) is 0.658. The normalized spacial score (nSPS) is 17.9. The number of carbonyl (C=O) groups excluding carboxylic acids is 1. The number of aliphatic hydroxyl groups is 4. The quantitative estimate of drug-likeness (QED) is 0.228. The molecule has 0 fully saturated rings. The van der Waals surface area contributed by atoms with E-state index >= 15 is 0 Å². The van der Waals surface area contributed by atoms with Crippen LogP contribution >= 0.6 is 0 Å². The second kappa shape index (κ2) is 5.97. The first-order valence-electron chi connectivity index (χ1n) is 3.48. The minimum absolute atomic E-state index is 0.786. The van der Waals surface area contributed by atoms with Crippen molar-refractivity contribution in [3.05, 3.63) is 0 Å². The van der Waals surface area contributed by atoms with Crippen LogP contribution < -0.4 is 0 Å². The number of rotatable bonds is 6. The van der Waals surface area contributed by atoms with E-state index in [0.29, 0.717) is 0 Å². The predicted octanol–water partition coefficient (Wildman–Crippen LogP) is -2.88. The van der Waals surface area contributed by atoms with E-state index in [-0.39, 0.29) is 0 Å². The van der Waals surface area contributed by atoms with E-state index in [1.54, 1.807) is 0 Å². The van der Waals surface area contributed by atoms with Crippen LogP contribution in [0.1, 0.15) is 0 Å². The second-order valence-electron chi connectivity index (χ2n) is 2.43. The van der Waals surface area contributed by atoms with Gasteiger partial charge in [0.15, 0.2) is 5.78 Å². The van der Waals surface area contributed by atoms with Crippen molar-refractivity contribution in [2.24, 2.45) is 0 Å². The fourth-order valence-electron chi connectivity index (χ4n) is 0.658. The molecule has 0 rings (SSSR count). The van der Waals surface area contributed by atoms with E-state index in [0.717, 1.165) is 0 Å². The topological polar surface area (TPSA) is 127 Å². The van der Waals surface area contributed by atoms with Crippen LogP contribution in [0.3, 0.4) is 0 Å². The molecule has 78 valence electrons. The van der Waals surface area contributed by atoms with Crippen LogP contribution in [0.25, 0.3) is 0 Å². The van der Waals surface area contributed by atoms with Gasteiger partial charge in [0.05, 0.1) is 6.61 Å². The largest absolute Gasteiger partial charge is 0.394 e. The van der Waals surface area contributed by atoms with Gasteiger partial charge in [0.2, 0.25) is 0 Å². The maximum absolute atomic E-state index is 10.7. The Labute approximate surface area is 73.7 Å². The lowest BCUT2D eigenvalue weighted by Gasteiger charge is -2.19. The van der Waals surface area contributed by atoms with Crippen LogP contribution in [-0.2, 0) is 9.68 Å². The highest BCUT2D eigenvalue weighted by atomic mass is 17.1. The first-order valence-corrected chi connectivity index (χ1v) is 3.48. The van der Waals surface area contributed by atoms with Crippen molar-refractivity contribution in [2.75, 3.05) is 13.2 Å². The molecular formula is C6H12O7. The van der Waals surface area contributed by atoms with E-state index < -0.39 is 37.3 Å². The van der Waals surface area contributed by atoms with E-state index in [1.807, 2.05) is 0 Å². The first kappa shape index (κ1) is 12.4. The molecule has 0 aliphatic rings. The fraction of sp³-hybridized carbons (Fsp3) is 0.833. The second-order valence-corrected chi connectivity index (χ2v) is 2.43. The van der Waals surface area contributed by atoms with Crippen molar-refractivity contribution < 1.29 is 35.4 Å². The summed E-state index contributed by atoms with van der Waals surface area (Å²) in [6.45, 7) is -1.58. The molecule has 0 aliphatic carbocycles. The summed E-state index contributed by atoms with van der Waals surface area (Å²) in [4.78, 5) is 14.1. The number of hydrogen-bond acceptors (Lipinski definition) is 7. The molecule has 0 aliphatic heterocycles. The van der Waals surface area contributed by atoms with Gasteiger partial charge >= 0.3 is 0 Å². The Morgan fingerprint density at radius 2 is 1.85 bits per heavy atom. The van der Waals surface area contributed by atoms with Gasteiger partial charge in [-0.25, -0.2) is 4.89 Å². The maximum Gasteiger partial charge on any atom is 0.192 e. The number of aliphatic hydroxyl groups excluding tert-OH is 4. The van der Waals surface area contributed by atoms with Crippen molar-refractivity contribution in [1.29, 1.82) is 0 Å². The summed E-state index contributed by atoms with van der Waals surface area (Å²) in [6.07, 6.45) is -5.31. The van der Waals surface area contributed by atoms with Crippen molar-refractivity contribution in [1.82, 2.24) is 0 Å². The molecule has 0 saturated heterocycles. The molecule has 5 N–H and O–H groups in total. The van der Waals surface area contributed by atoms with Gasteiger partial charge in [0.25, 0.3) is 0 Å². The van der Waals surface area contributed by atoms with Gasteiger partial charge < -0.3 is 20.4 Å². The smallest absolute Gasteiger partial charge is 0.192 e. The Bertz CT molecular complexity index is 159. The van der Waals surface area contributed by atoms with Gasteiger partial charge in [-0.1, -0.05) is 0 Å². The Balaban J connectivity index is 4.07. The van der Waals surface area contributed by atoms with Gasteiger partial charge in [-0.3, -0.25) is 10.1 Å². The molecule has 0 bridgehead atoms. The SMILES string of the molecule is O=C(COO)[C@H](O)[C@@H](O)[C@H](O)CO. The highest BCUT2D eigenvalue weighted by Gasteiger charge is 2.29. The third-order valence-corrected chi connectivity index (χ3v) is 1.44. The van der Waals surface area contributed by atoms with E-state index in [2.05, 4.69) is 4.89 Å². The third kappa shape index (κ3) is 3.77. The molecule has 0 aromatic rings. The molecule has 0 amide bonds. The van der Waals surface area contributed by atoms with E-state index in [4.69, 9.17) is 25.7 Å². The number of Topliss-reactive ketones (excluding diaryl/α,β-unsaturated/α-hetero) is 1.